The molecular formula is C15H16O. The minimum atomic E-state index is 0.359. The van der Waals surface area contributed by atoms with Gasteiger partial charge in [-0.05, 0) is 49.1 Å². The zero-order chi connectivity index (χ0) is 11.7. The van der Waals surface area contributed by atoms with Crippen LogP contribution in [0.5, 0.6) is 5.75 Å². The van der Waals surface area contributed by atoms with Crippen molar-refractivity contribution < 1.29 is 5.11 Å². The molecule has 16 heavy (non-hydrogen) atoms. The summed E-state index contributed by atoms with van der Waals surface area (Å²) in [6, 6.07) is 11.9. The van der Waals surface area contributed by atoms with E-state index in [9.17, 15) is 5.11 Å². The van der Waals surface area contributed by atoms with Crippen LogP contribution in [0.2, 0.25) is 0 Å². The molecule has 1 heteroatoms. The Morgan fingerprint density at radius 3 is 1.62 bits per heavy atom. The topological polar surface area (TPSA) is 20.2 Å². The lowest BCUT2D eigenvalue weighted by atomic mass is 9.92. The maximum absolute atomic E-state index is 9.99. The van der Waals surface area contributed by atoms with Crippen LogP contribution >= 0.6 is 0 Å². The van der Waals surface area contributed by atoms with Gasteiger partial charge in [-0.15, -0.1) is 0 Å². The molecule has 0 aromatic heterocycles. The van der Waals surface area contributed by atoms with Gasteiger partial charge in [-0.1, -0.05) is 30.3 Å². The molecule has 0 aliphatic heterocycles. The van der Waals surface area contributed by atoms with E-state index >= 15 is 0 Å². The van der Waals surface area contributed by atoms with E-state index in [1.165, 1.54) is 11.1 Å². The molecule has 2 aromatic rings. The molecule has 0 amide bonds. The van der Waals surface area contributed by atoms with Gasteiger partial charge in [0, 0.05) is 5.56 Å². The number of hydrogen-bond donors (Lipinski definition) is 1. The van der Waals surface area contributed by atoms with Gasteiger partial charge in [-0.25, -0.2) is 0 Å². The molecule has 2 aromatic carbocycles. The van der Waals surface area contributed by atoms with Gasteiger partial charge in [0.25, 0.3) is 0 Å². The number of phenols is 1. The molecule has 0 heterocycles. The Bertz CT molecular complexity index is 437. The Balaban J connectivity index is 2.77. The predicted octanol–water partition coefficient (Wildman–Crippen LogP) is 3.98. The van der Waals surface area contributed by atoms with Gasteiger partial charge in [0.15, 0.2) is 0 Å². The van der Waals surface area contributed by atoms with Crippen molar-refractivity contribution >= 4 is 0 Å². The van der Waals surface area contributed by atoms with E-state index in [1.807, 2.05) is 25.1 Å². The first-order chi connectivity index (χ1) is 7.61. The second-order valence-electron chi connectivity index (χ2n) is 4.24. The van der Waals surface area contributed by atoms with Crippen LogP contribution in [-0.4, -0.2) is 5.11 Å². The van der Waals surface area contributed by atoms with Crippen LogP contribution in [0.25, 0.3) is 11.1 Å². The lowest BCUT2D eigenvalue weighted by Crippen LogP contribution is -1.91. The maximum Gasteiger partial charge on any atom is 0.123 e. The molecule has 0 fully saturated rings. The smallest absolute Gasteiger partial charge is 0.123 e. The van der Waals surface area contributed by atoms with Gasteiger partial charge in [-0.2, -0.15) is 0 Å². The van der Waals surface area contributed by atoms with Gasteiger partial charge in [-0.3, -0.25) is 0 Å². The van der Waals surface area contributed by atoms with Gasteiger partial charge in [0.1, 0.15) is 5.75 Å². The van der Waals surface area contributed by atoms with Crippen LogP contribution in [0.4, 0.5) is 0 Å². The number of aryl methyl sites for hydroxylation is 3. The van der Waals surface area contributed by atoms with Crippen molar-refractivity contribution in [2.45, 2.75) is 20.8 Å². The maximum atomic E-state index is 9.99. The van der Waals surface area contributed by atoms with Gasteiger partial charge in [0.05, 0.1) is 0 Å². The Morgan fingerprint density at radius 1 is 0.688 bits per heavy atom. The Hall–Kier alpha value is -1.76. The van der Waals surface area contributed by atoms with Crippen LogP contribution in [-0.2, 0) is 0 Å². The lowest BCUT2D eigenvalue weighted by molar-refractivity contribution is 0.477. The molecule has 0 saturated carbocycles. The minimum absolute atomic E-state index is 0.359. The van der Waals surface area contributed by atoms with Crippen LogP contribution in [0.3, 0.4) is 0 Å². The third kappa shape index (κ3) is 1.69. The Morgan fingerprint density at radius 2 is 1.12 bits per heavy atom. The highest BCUT2D eigenvalue weighted by Crippen LogP contribution is 2.36. The van der Waals surface area contributed by atoms with E-state index in [2.05, 4.69) is 26.0 Å². The molecule has 2 rings (SSSR count). The third-order valence-corrected chi connectivity index (χ3v) is 2.98. The minimum Gasteiger partial charge on any atom is -0.507 e. The van der Waals surface area contributed by atoms with Crippen LogP contribution < -0.4 is 0 Å². The number of hydrogen-bond acceptors (Lipinski definition) is 1. The van der Waals surface area contributed by atoms with Crippen molar-refractivity contribution in [3.8, 4) is 16.9 Å². The van der Waals surface area contributed by atoms with Crippen molar-refractivity contribution in [3.63, 3.8) is 0 Å². The average molecular weight is 212 g/mol. The molecular weight excluding hydrogens is 196 g/mol. The van der Waals surface area contributed by atoms with Gasteiger partial charge >= 0.3 is 0 Å². The van der Waals surface area contributed by atoms with Crippen molar-refractivity contribution in [1.82, 2.24) is 0 Å². The number of phenolic OH excluding ortho intramolecular Hbond substituents is 1. The average Bonchev–Trinajstić information content (AvgIpc) is 2.21. The summed E-state index contributed by atoms with van der Waals surface area (Å²) < 4.78 is 0. The SMILES string of the molecule is Cc1cccc(C)c1-c1c(C)cccc1O. The van der Waals surface area contributed by atoms with Crippen molar-refractivity contribution in [1.29, 1.82) is 0 Å². The summed E-state index contributed by atoms with van der Waals surface area (Å²) in [5, 5.41) is 9.99. The molecule has 0 saturated heterocycles. The van der Waals surface area contributed by atoms with Gasteiger partial charge in [0.2, 0.25) is 0 Å². The molecule has 0 bridgehead atoms. The number of rotatable bonds is 1. The van der Waals surface area contributed by atoms with E-state index in [0.29, 0.717) is 5.75 Å². The predicted molar refractivity (Wildman–Crippen MR) is 67.8 cm³/mol. The molecule has 0 atom stereocenters. The molecule has 0 radical (unpaired) electrons. The summed E-state index contributed by atoms with van der Waals surface area (Å²) in [5.41, 5.74) is 5.61. The standard InChI is InChI=1S/C15H16O/c1-10-6-4-7-11(2)14(10)15-12(3)8-5-9-13(15)16/h4-9,16H,1-3H3. The zero-order valence-corrected chi connectivity index (χ0v) is 9.91. The van der Waals surface area contributed by atoms with Gasteiger partial charge < -0.3 is 5.11 Å². The second-order valence-corrected chi connectivity index (χ2v) is 4.24. The first kappa shape index (κ1) is 10.7. The molecule has 0 unspecified atom stereocenters. The first-order valence-corrected chi connectivity index (χ1v) is 5.46. The normalized spacial score (nSPS) is 10.4. The summed E-state index contributed by atoms with van der Waals surface area (Å²) in [6.45, 7) is 6.18. The Kier molecular flexibility index (Phi) is 2.69. The molecule has 1 nitrogen and oxygen atoms in total. The van der Waals surface area contributed by atoms with E-state index in [-0.39, 0.29) is 0 Å². The fourth-order valence-corrected chi connectivity index (χ4v) is 2.19. The first-order valence-electron chi connectivity index (χ1n) is 5.46. The van der Waals surface area contributed by atoms with Crippen molar-refractivity contribution in [3.05, 3.63) is 53.1 Å². The molecule has 0 spiro atoms. The van der Waals surface area contributed by atoms with E-state index in [0.717, 1.165) is 16.7 Å². The third-order valence-electron chi connectivity index (χ3n) is 2.98. The summed E-state index contributed by atoms with van der Waals surface area (Å²) in [5.74, 6) is 0.359. The largest absolute Gasteiger partial charge is 0.507 e. The van der Waals surface area contributed by atoms with Crippen LogP contribution in [0.1, 0.15) is 16.7 Å². The second kappa shape index (κ2) is 4.01. The zero-order valence-electron chi connectivity index (χ0n) is 9.91. The van der Waals surface area contributed by atoms with E-state index < -0.39 is 0 Å². The fourth-order valence-electron chi connectivity index (χ4n) is 2.19. The van der Waals surface area contributed by atoms with E-state index in [4.69, 9.17) is 0 Å². The highest BCUT2D eigenvalue weighted by Gasteiger charge is 2.11. The highest BCUT2D eigenvalue weighted by molar-refractivity contribution is 5.78. The van der Waals surface area contributed by atoms with Crippen molar-refractivity contribution in [2.24, 2.45) is 0 Å². The molecule has 0 aliphatic carbocycles. The Labute approximate surface area is 96.4 Å². The molecule has 82 valence electrons. The quantitative estimate of drug-likeness (QED) is 0.758. The summed E-state index contributed by atoms with van der Waals surface area (Å²) in [6.07, 6.45) is 0. The van der Waals surface area contributed by atoms with Crippen LogP contribution in [0, 0.1) is 20.8 Å². The summed E-state index contributed by atoms with van der Waals surface area (Å²) in [7, 11) is 0. The van der Waals surface area contributed by atoms with E-state index in [1.54, 1.807) is 6.07 Å². The highest BCUT2D eigenvalue weighted by atomic mass is 16.3. The monoisotopic (exact) mass is 212 g/mol. The molecule has 0 aliphatic rings. The van der Waals surface area contributed by atoms with Crippen LogP contribution in [0.15, 0.2) is 36.4 Å². The number of aromatic hydroxyl groups is 1. The lowest BCUT2D eigenvalue weighted by Gasteiger charge is -2.14. The number of benzene rings is 2. The summed E-state index contributed by atoms with van der Waals surface area (Å²) in [4.78, 5) is 0. The van der Waals surface area contributed by atoms with Crippen molar-refractivity contribution in [2.75, 3.05) is 0 Å². The summed E-state index contributed by atoms with van der Waals surface area (Å²) >= 11 is 0. The molecule has 1 N–H and O–H groups in total. The fraction of sp³-hybridized carbons (Fsp3) is 0.200.